The lowest BCUT2D eigenvalue weighted by Gasteiger charge is -2.26. The summed E-state index contributed by atoms with van der Waals surface area (Å²) in [6.45, 7) is 2.52. The van der Waals surface area contributed by atoms with Crippen molar-refractivity contribution in [2.24, 2.45) is 0 Å². The maximum absolute atomic E-state index is 12.6. The van der Waals surface area contributed by atoms with E-state index < -0.39 is 10.0 Å². The summed E-state index contributed by atoms with van der Waals surface area (Å²) < 4.78 is 27.3. The van der Waals surface area contributed by atoms with Gasteiger partial charge in [-0.05, 0) is 31.9 Å². The van der Waals surface area contributed by atoms with E-state index in [0.717, 1.165) is 30.6 Å². The summed E-state index contributed by atoms with van der Waals surface area (Å²) in [6, 6.07) is 3.50. The van der Waals surface area contributed by atoms with Crippen molar-refractivity contribution < 1.29 is 8.42 Å². The van der Waals surface area contributed by atoms with Crippen LogP contribution >= 0.6 is 22.9 Å². The molecule has 102 valence electrons. The van der Waals surface area contributed by atoms with Gasteiger partial charge in [0.2, 0.25) is 0 Å². The topological polar surface area (TPSA) is 37.4 Å². The maximum atomic E-state index is 12.6. The average molecular weight is 308 g/mol. The second-order valence-corrected chi connectivity index (χ2v) is 8.35. The molecule has 0 N–H and O–H groups in total. The lowest BCUT2D eigenvalue weighted by Crippen LogP contribution is -2.40. The quantitative estimate of drug-likeness (QED) is 0.804. The molecule has 1 aromatic rings. The first-order valence-electron chi connectivity index (χ1n) is 6.20. The third-order valence-corrected chi connectivity index (χ3v) is 7.06. The van der Waals surface area contributed by atoms with Crippen molar-refractivity contribution in [3.63, 3.8) is 0 Å². The van der Waals surface area contributed by atoms with Crippen molar-refractivity contribution in [1.82, 2.24) is 4.31 Å². The summed E-state index contributed by atoms with van der Waals surface area (Å²) in [6.07, 6.45) is 3.94. The Labute approximate surface area is 118 Å². The summed E-state index contributed by atoms with van der Waals surface area (Å²) in [4.78, 5) is 1.02. The lowest BCUT2D eigenvalue weighted by atomic mass is 10.1. The van der Waals surface area contributed by atoms with Crippen LogP contribution < -0.4 is 0 Å². The molecule has 2 heterocycles. The highest BCUT2D eigenvalue weighted by atomic mass is 35.5. The molecule has 1 aliphatic rings. The van der Waals surface area contributed by atoms with Gasteiger partial charge in [-0.3, -0.25) is 0 Å². The van der Waals surface area contributed by atoms with Crippen molar-refractivity contribution in [1.29, 1.82) is 0 Å². The van der Waals surface area contributed by atoms with E-state index >= 15 is 0 Å². The van der Waals surface area contributed by atoms with E-state index in [-0.39, 0.29) is 6.04 Å². The van der Waals surface area contributed by atoms with Crippen LogP contribution in [0.1, 0.15) is 30.6 Å². The minimum atomic E-state index is -3.36. The van der Waals surface area contributed by atoms with Crippen molar-refractivity contribution in [3.05, 3.63) is 17.0 Å². The van der Waals surface area contributed by atoms with Crippen LogP contribution in [0.15, 0.2) is 16.3 Å². The zero-order valence-corrected chi connectivity index (χ0v) is 12.8. The van der Waals surface area contributed by atoms with E-state index in [2.05, 4.69) is 0 Å². The molecule has 3 nitrogen and oxygen atoms in total. The van der Waals surface area contributed by atoms with Crippen LogP contribution in [0.2, 0.25) is 0 Å². The van der Waals surface area contributed by atoms with E-state index in [9.17, 15) is 8.42 Å². The van der Waals surface area contributed by atoms with Crippen LogP contribution in [0.5, 0.6) is 0 Å². The first-order valence-corrected chi connectivity index (χ1v) is 8.99. The number of aryl methyl sites for hydroxylation is 1. The van der Waals surface area contributed by atoms with E-state index in [1.807, 2.05) is 13.0 Å². The van der Waals surface area contributed by atoms with Gasteiger partial charge < -0.3 is 0 Å². The number of rotatable bonds is 3. The van der Waals surface area contributed by atoms with Crippen molar-refractivity contribution in [2.75, 3.05) is 12.4 Å². The summed E-state index contributed by atoms with van der Waals surface area (Å²) in [5.41, 5.74) is 0. The molecule has 1 aliphatic heterocycles. The Balaban J connectivity index is 2.32. The van der Waals surface area contributed by atoms with E-state index in [4.69, 9.17) is 11.6 Å². The zero-order chi connectivity index (χ0) is 13.2. The number of sulfonamides is 1. The van der Waals surface area contributed by atoms with Gasteiger partial charge in [0, 0.05) is 23.3 Å². The Morgan fingerprint density at radius 3 is 2.78 bits per heavy atom. The molecule has 0 radical (unpaired) electrons. The number of alkyl halides is 1. The molecule has 2 rings (SSSR count). The number of hydrogen-bond acceptors (Lipinski definition) is 3. The predicted molar refractivity (Wildman–Crippen MR) is 75.9 cm³/mol. The molecule has 1 saturated heterocycles. The van der Waals surface area contributed by atoms with Gasteiger partial charge in [-0.25, -0.2) is 8.42 Å². The molecule has 0 aliphatic carbocycles. The van der Waals surface area contributed by atoms with Gasteiger partial charge in [0.25, 0.3) is 10.0 Å². The Bertz CT molecular complexity index is 498. The molecule has 1 atom stereocenters. The van der Waals surface area contributed by atoms with Crippen molar-refractivity contribution in [2.45, 2.75) is 42.9 Å². The minimum absolute atomic E-state index is 0.0541. The number of halogens is 1. The second kappa shape index (κ2) is 5.90. The summed E-state index contributed by atoms with van der Waals surface area (Å²) in [5.74, 6) is 0.379. The fourth-order valence-corrected chi connectivity index (χ4v) is 5.80. The van der Waals surface area contributed by atoms with E-state index in [1.54, 1.807) is 10.4 Å². The first-order chi connectivity index (χ1) is 8.55. The molecule has 0 spiro atoms. The molecular weight excluding hydrogens is 290 g/mol. The zero-order valence-electron chi connectivity index (χ0n) is 10.4. The highest BCUT2D eigenvalue weighted by molar-refractivity contribution is 7.91. The largest absolute Gasteiger partial charge is 0.252 e. The van der Waals surface area contributed by atoms with Crippen LogP contribution in [0.25, 0.3) is 0 Å². The molecule has 0 amide bonds. The molecule has 0 saturated carbocycles. The molecule has 1 unspecified atom stereocenters. The molecule has 0 aromatic carbocycles. The van der Waals surface area contributed by atoms with E-state index in [0.29, 0.717) is 16.6 Å². The van der Waals surface area contributed by atoms with Gasteiger partial charge in [-0.2, -0.15) is 4.31 Å². The van der Waals surface area contributed by atoms with Crippen LogP contribution in [0, 0.1) is 6.92 Å². The van der Waals surface area contributed by atoms with Gasteiger partial charge in [-0.1, -0.05) is 12.8 Å². The Kier molecular flexibility index (Phi) is 4.69. The second-order valence-electron chi connectivity index (χ2n) is 4.64. The monoisotopic (exact) mass is 307 g/mol. The predicted octanol–water partition coefficient (Wildman–Crippen LogP) is 3.23. The highest BCUT2D eigenvalue weighted by Gasteiger charge is 2.32. The Hall–Kier alpha value is -0.100. The van der Waals surface area contributed by atoms with Gasteiger partial charge >= 0.3 is 0 Å². The maximum Gasteiger partial charge on any atom is 0.252 e. The van der Waals surface area contributed by atoms with Crippen molar-refractivity contribution in [3.8, 4) is 0 Å². The average Bonchev–Trinajstić information content (AvgIpc) is 2.65. The molecule has 6 heteroatoms. The Morgan fingerprint density at radius 1 is 1.39 bits per heavy atom. The standard InChI is InChI=1S/C12H18ClNO2S2/c1-10-6-7-12(17-10)18(15,16)14-8-4-2-3-5-11(14)9-13/h6-7,11H,2-5,8-9H2,1H3. The number of hydrogen-bond donors (Lipinski definition) is 0. The van der Waals surface area contributed by atoms with Crippen LogP contribution in [0.4, 0.5) is 0 Å². The smallest absolute Gasteiger partial charge is 0.206 e. The van der Waals surface area contributed by atoms with Crippen LogP contribution in [-0.4, -0.2) is 31.2 Å². The normalized spacial score (nSPS) is 22.9. The van der Waals surface area contributed by atoms with Crippen molar-refractivity contribution >= 4 is 33.0 Å². The van der Waals surface area contributed by atoms with Gasteiger partial charge in [0.15, 0.2) is 0 Å². The molecule has 18 heavy (non-hydrogen) atoms. The molecule has 1 fully saturated rings. The molecule has 0 bridgehead atoms. The molecular formula is C12H18ClNO2S2. The SMILES string of the molecule is Cc1ccc(S(=O)(=O)N2CCCCCC2CCl)s1. The van der Waals surface area contributed by atoms with Crippen LogP contribution in [-0.2, 0) is 10.0 Å². The summed E-state index contributed by atoms with van der Waals surface area (Å²) in [5, 5.41) is 0. The minimum Gasteiger partial charge on any atom is -0.206 e. The number of thiophene rings is 1. The lowest BCUT2D eigenvalue weighted by molar-refractivity contribution is 0.346. The van der Waals surface area contributed by atoms with Gasteiger partial charge in [0.1, 0.15) is 4.21 Å². The van der Waals surface area contributed by atoms with E-state index in [1.165, 1.54) is 11.3 Å². The van der Waals surface area contributed by atoms with Gasteiger partial charge in [-0.15, -0.1) is 22.9 Å². The number of nitrogens with zero attached hydrogens (tertiary/aromatic N) is 1. The molecule has 1 aromatic heterocycles. The van der Waals surface area contributed by atoms with Gasteiger partial charge in [0.05, 0.1) is 0 Å². The highest BCUT2D eigenvalue weighted by Crippen LogP contribution is 2.29. The third-order valence-electron chi connectivity index (χ3n) is 3.28. The summed E-state index contributed by atoms with van der Waals surface area (Å²) >= 11 is 7.28. The first kappa shape index (κ1) is 14.3. The van der Waals surface area contributed by atoms with Crippen LogP contribution in [0.3, 0.4) is 0 Å². The Morgan fingerprint density at radius 2 is 2.17 bits per heavy atom. The summed E-state index contributed by atoms with van der Waals surface area (Å²) in [7, 11) is -3.36. The fraction of sp³-hybridized carbons (Fsp3) is 0.667. The fourth-order valence-electron chi connectivity index (χ4n) is 2.29. The third kappa shape index (κ3) is 2.90.